The number of carbonyl (C=O) groups excluding carboxylic acids is 1. The van der Waals surface area contributed by atoms with Crippen LogP contribution in [0.15, 0.2) is 53.6 Å². The van der Waals surface area contributed by atoms with Crippen LogP contribution in [0.1, 0.15) is 28.9 Å². The third kappa shape index (κ3) is 4.87. The van der Waals surface area contributed by atoms with E-state index in [1.807, 2.05) is 0 Å². The minimum absolute atomic E-state index is 0.0582. The normalized spacial score (nSPS) is 17.2. The summed E-state index contributed by atoms with van der Waals surface area (Å²) in [6.45, 7) is 0.973. The van der Waals surface area contributed by atoms with E-state index >= 15 is 0 Å². The number of nitrogens with one attached hydrogen (secondary N) is 1. The number of ether oxygens (including phenoxy) is 2. The molecule has 1 aromatic carbocycles. The molecule has 7 nitrogen and oxygen atoms in total. The van der Waals surface area contributed by atoms with Gasteiger partial charge in [-0.1, -0.05) is 6.07 Å². The molecule has 8 heteroatoms. The minimum Gasteiger partial charge on any atom is -0.456 e. The van der Waals surface area contributed by atoms with Gasteiger partial charge >= 0.3 is 5.97 Å². The maximum absolute atomic E-state index is 12.3. The lowest BCUT2D eigenvalue weighted by Gasteiger charge is -2.11. The van der Waals surface area contributed by atoms with E-state index in [-0.39, 0.29) is 29.7 Å². The van der Waals surface area contributed by atoms with Crippen LogP contribution >= 0.6 is 0 Å². The Labute approximate surface area is 152 Å². The maximum Gasteiger partial charge on any atom is 0.338 e. The van der Waals surface area contributed by atoms with Gasteiger partial charge in [0, 0.05) is 19.3 Å². The highest BCUT2D eigenvalue weighted by Crippen LogP contribution is 2.14. The quantitative estimate of drug-likeness (QED) is 0.742. The van der Waals surface area contributed by atoms with Crippen molar-refractivity contribution in [1.29, 1.82) is 0 Å². The summed E-state index contributed by atoms with van der Waals surface area (Å²) in [4.78, 5) is 16.2. The number of pyridine rings is 1. The summed E-state index contributed by atoms with van der Waals surface area (Å²) in [6.07, 6.45) is 3.34. The molecule has 1 saturated heterocycles. The second-order valence-corrected chi connectivity index (χ2v) is 7.68. The van der Waals surface area contributed by atoms with Crippen LogP contribution in [0.4, 0.5) is 0 Å². The Hall–Kier alpha value is -2.29. The highest BCUT2D eigenvalue weighted by atomic mass is 32.2. The second-order valence-electron chi connectivity index (χ2n) is 5.91. The van der Waals surface area contributed by atoms with Gasteiger partial charge in [0.25, 0.3) is 0 Å². The Morgan fingerprint density at radius 3 is 2.69 bits per heavy atom. The molecule has 0 amide bonds. The monoisotopic (exact) mass is 376 g/mol. The van der Waals surface area contributed by atoms with Crippen molar-refractivity contribution in [3.8, 4) is 0 Å². The van der Waals surface area contributed by atoms with Gasteiger partial charge in [0.2, 0.25) is 10.0 Å². The van der Waals surface area contributed by atoms with E-state index in [2.05, 4.69) is 9.71 Å². The molecule has 0 bridgehead atoms. The Bertz CT molecular complexity index is 832. The van der Waals surface area contributed by atoms with Crippen molar-refractivity contribution in [2.24, 2.45) is 0 Å². The lowest BCUT2D eigenvalue weighted by Crippen LogP contribution is -2.31. The second kappa shape index (κ2) is 8.39. The Kier molecular flexibility index (Phi) is 5.97. The third-order valence-electron chi connectivity index (χ3n) is 4.00. The first-order chi connectivity index (χ1) is 12.5. The van der Waals surface area contributed by atoms with E-state index in [0.29, 0.717) is 12.3 Å². The number of carbonyl (C=O) groups is 1. The highest BCUT2D eigenvalue weighted by Gasteiger charge is 2.20. The molecular weight excluding hydrogens is 356 g/mol. The van der Waals surface area contributed by atoms with Crippen molar-refractivity contribution in [3.05, 3.63) is 59.9 Å². The molecule has 1 aliphatic rings. The van der Waals surface area contributed by atoms with E-state index in [1.165, 1.54) is 24.3 Å². The lowest BCUT2D eigenvalue weighted by atomic mass is 10.2. The predicted molar refractivity (Wildman–Crippen MR) is 94.0 cm³/mol. The zero-order chi connectivity index (χ0) is 18.4. The van der Waals surface area contributed by atoms with Gasteiger partial charge in [0.05, 0.1) is 22.3 Å². The first-order valence-electron chi connectivity index (χ1n) is 8.33. The summed E-state index contributed by atoms with van der Waals surface area (Å²) in [6, 6.07) is 11.0. The summed E-state index contributed by atoms with van der Waals surface area (Å²) in [5, 5.41) is 0. The minimum atomic E-state index is -3.64. The average molecular weight is 376 g/mol. The van der Waals surface area contributed by atoms with Crippen LogP contribution in [0.3, 0.4) is 0 Å². The summed E-state index contributed by atoms with van der Waals surface area (Å²) >= 11 is 0. The fraction of sp³-hybridized carbons (Fsp3) is 0.333. The van der Waals surface area contributed by atoms with E-state index in [9.17, 15) is 13.2 Å². The smallest absolute Gasteiger partial charge is 0.338 e. The molecule has 1 N–H and O–H groups in total. The molecular formula is C18H20N2O5S. The van der Waals surface area contributed by atoms with Gasteiger partial charge in [-0.05, 0) is 49.2 Å². The molecule has 0 saturated carbocycles. The summed E-state index contributed by atoms with van der Waals surface area (Å²) in [5.74, 6) is -0.535. The molecule has 1 atom stereocenters. The van der Waals surface area contributed by atoms with Crippen LogP contribution in [0.5, 0.6) is 0 Å². The topological polar surface area (TPSA) is 94.6 Å². The summed E-state index contributed by atoms with van der Waals surface area (Å²) in [5.41, 5.74) is 0.914. The van der Waals surface area contributed by atoms with E-state index in [0.717, 1.165) is 12.8 Å². The number of esters is 1. The Morgan fingerprint density at radius 2 is 2.04 bits per heavy atom. The van der Waals surface area contributed by atoms with Gasteiger partial charge in [-0.3, -0.25) is 4.98 Å². The molecule has 1 aromatic heterocycles. The molecule has 1 fully saturated rings. The van der Waals surface area contributed by atoms with Crippen molar-refractivity contribution in [2.75, 3.05) is 13.2 Å². The SMILES string of the molecule is O=C(OCc1ccccn1)c1ccc(S(=O)(=O)NCC2CCCO2)cc1. The van der Waals surface area contributed by atoms with Crippen molar-refractivity contribution in [2.45, 2.75) is 30.4 Å². The van der Waals surface area contributed by atoms with Crippen LogP contribution in [-0.2, 0) is 26.1 Å². The molecule has 138 valence electrons. The number of hydrogen-bond donors (Lipinski definition) is 1. The van der Waals surface area contributed by atoms with E-state index in [1.54, 1.807) is 24.4 Å². The first-order valence-corrected chi connectivity index (χ1v) is 9.81. The molecule has 3 rings (SSSR count). The molecule has 0 aliphatic carbocycles. The standard InChI is InChI=1S/C18H20N2O5S/c21-18(25-13-15-4-1-2-10-19-15)14-6-8-17(9-7-14)26(22,23)20-12-16-5-3-11-24-16/h1-2,4,6-10,16,20H,3,5,11-13H2. The Balaban J connectivity index is 1.57. The summed E-state index contributed by atoms with van der Waals surface area (Å²) < 4.78 is 37.7. The fourth-order valence-corrected chi connectivity index (χ4v) is 3.63. The molecule has 2 heterocycles. The fourth-order valence-electron chi connectivity index (χ4n) is 2.57. The van der Waals surface area contributed by atoms with Crippen molar-refractivity contribution in [3.63, 3.8) is 0 Å². The average Bonchev–Trinajstić information content (AvgIpc) is 3.19. The van der Waals surface area contributed by atoms with Gasteiger partial charge in [-0.15, -0.1) is 0 Å². The van der Waals surface area contributed by atoms with Crippen LogP contribution < -0.4 is 4.72 Å². The number of rotatable bonds is 7. The van der Waals surface area contributed by atoms with Gasteiger partial charge in [0.15, 0.2) is 0 Å². The van der Waals surface area contributed by atoms with Gasteiger partial charge in [-0.2, -0.15) is 0 Å². The first kappa shape index (κ1) is 18.5. The van der Waals surface area contributed by atoms with Gasteiger partial charge in [-0.25, -0.2) is 17.9 Å². The largest absolute Gasteiger partial charge is 0.456 e. The van der Waals surface area contributed by atoms with E-state index < -0.39 is 16.0 Å². The molecule has 1 unspecified atom stereocenters. The summed E-state index contributed by atoms with van der Waals surface area (Å²) in [7, 11) is -3.64. The Morgan fingerprint density at radius 1 is 1.23 bits per heavy atom. The molecule has 0 radical (unpaired) electrons. The molecule has 26 heavy (non-hydrogen) atoms. The molecule has 2 aromatic rings. The van der Waals surface area contributed by atoms with Crippen molar-refractivity contribution in [1.82, 2.24) is 9.71 Å². The maximum atomic E-state index is 12.3. The van der Waals surface area contributed by atoms with Crippen LogP contribution in [0, 0.1) is 0 Å². The predicted octanol–water partition coefficient (Wildman–Crippen LogP) is 1.90. The van der Waals surface area contributed by atoms with Crippen LogP contribution in [0.2, 0.25) is 0 Å². The number of nitrogens with zero attached hydrogens (tertiary/aromatic N) is 1. The molecule has 1 aliphatic heterocycles. The number of aromatic nitrogens is 1. The van der Waals surface area contributed by atoms with Crippen LogP contribution in [-0.4, -0.2) is 38.6 Å². The van der Waals surface area contributed by atoms with Crippen molar-refractivity contribution < 1.29 is 22.7 Å². The lowest BCUT2D eigenvalue weighted by molar-refractivity contribution is 0.0467. The van der Waals surface area contributed by atoms with Gasteiger partial charge < -0.3 is 9.47 Å². The van der Waals surface area contributed by atoms with Gasteiger partial charge in [0.1, 0.15) is 6.61 Å². The van der Waals surface area contributed by atoms with E-state index in [4.69, 9.17) is 9.47 Å². The number of benzene rings is 1. The number of sulfonamides is 1. The zero-order valence-electron chi connectivity index (χ0n) is 14.1. The van der Waals surface area contributed by atoms with Crippen molar-refractivity contribution >= 4 is 16.0 Å². The highest BCUT2D eigenvalue weighted by molar-refractivity contribution is 7.89. The number of hydrogen-bond acceptors (Lipinski definition) is 6. The third-order valence-corrected chi connectivity index (χ3v) is 5.44. The molecule has 0 spiro atoms. The zero-order valence-corrected chi connectivity index (χ0v) is 14.9. The van der Waals surface area contributed by atoms with Crippen LogP contribution in [0.25, 0.3) is 0 Å².